The molecule has 0 unspecified atom stereocenters. The zero-order valence-electron chi connectivity index (χ0n) is 17.6. The van der Waals surface area contributed by atoms with Gasteiger partial charge in [0.1, 0.15) is 18.1 Å². The first kappa shape index (κ1) is 21.5. The lowest BCUT2D eigenvalue weighted by Gasteiger charge is -2.34. The number of benzene rings is 2. The van der Waals surface area contributed by atoms with Crippen molar-refractivity contribution >= 4 is 45.5 Å². The minimum Gasteiger partial charge on any atom is -0.480 e. The smallest absolute Gasteiger partial charge is 0.325 e. The largest absolute Gasteiger partial charge is 0.480 e. The van der Waals surface area contributed by atoms with Gasteiger partial charge in [0.2, 0.25) is 0 Å². The zero-order chi connectivity index (χ0) is 23.1. The van der Waals surface area contributed by atoms with Gasteiger partial charge in [-0.1, -0.05) is 29.8 Å². The Morgan fingerprint density at radius 1 is 1.15 bits per heavy atom. The highest BCUT2D eigenvalue weighted by atomic mass is 35.5. The van der Waals surface area contributed by atoms with Crippen LogP contribution in [0.25, 0.3) is 22.0 Å². The Morgan fingerprint density at radius 3 is 2.61 bits per heavy atom. The molecule has 1 fully saturated rings. The van der Waals surface area contributed by atoms with Crippen molar-refractivity contribution in [3.63, 3.8) is 0 Å². The highest BCUT2D eigenvalue weighted by Crippen LogP contribution is 2.37. The summed E-state index contributed by atoms with van der Waals surface area (Å²) in [6.07, 6.45) is 3.06. The Balaban J connectivity index is 1.42. The van der Waals surface area contributed by atoms with Crippen LogP contribution in [0.15, 0.2) is 53.1 Å². The van der Waals surface area contributed by atoms with E-state index in [2.05, 4.69) is 4.98 Å². The summed E-state index contributed by atoms with van der Waals surface area (Å²) < 4.78 is 7.47. The zero-order valence-corrected chi connectivity index (χ0v) is 18.4. The third-order valence-electron chi connectivity index (χ3n) is 6.26. The summed E-state index contributed by atoms with van der Waals surface area (Å²) in [5.41, 5.74) is 2.75. The van der Waals surface area contributed by atoms with E-state index >= 15 is 0 Å². The van der Waals surface area contributed by atoms with Crippen molar-refractivity contribution in [1.82, 2.24) is 14.5 Å². The number of carboxylic acids is 2. The average molecular weight is 468 g/mol. The lowest BCUT2D eigenvalue weighted by Crippen LogP contribution is -2.39. The summed E-state index contributed by atoms with van der Waals surface area (Å²) in [4.78, 5) is 30.3. The summed E-state index contributed by atoms with van der Waals surface area (Å²) in [6.45, 7) is 0.835. The molecule has 1 atom stereocenters. The number of hydrogen-bond acceptors (Lipinski definition) is 5. The van der Waals surface area contributed by atoms with Gasteiger partial charge in [0.25, 0.3) is 0 Å². The number of halogens is 1. The molecule has 3 heterocycles. The molecule has 1 saturated heterocycles. The molecule has 4 aromatic rings. The molecule has 0 bridgehead atoms. The SMILES string of the molecule is O=C(O)Cn1cc([C@H](C(=O)O)N2CCC(c3nc4ccccc4o3)CC2)c2ccc(Cl)cc21. The Bertz CT molecular complexity index is 1320. The Labute approximate surface area is 194 Å². The minimum absolute atomic E-state index is 0.121. The quantitative estimate of drug-likeness (QED) is 0.429. The van der Waals surface area contributed by atoms with E-state index in [1.807, 2.05) is 29.2 Å². The number of aromatic nitrogens is 2. The molecule has 0 saturated carbocycles. The first-order valence-corrected chi connectivity index (χ1v) is 11.1. The van der Waals surface area contributed by atoms with Crippen molar-refractivity contribution < 1.29 is 24.2 Å². The molecule has 1 aliphatic heterocycles. The highest BCUT2D eigenvalue weighted by molar-refractivity contribution is 6.31. The van der Waals surface area contributed by atoms with Gasteiger partial charge in [-0.25, -0.2) is 4.98 Å². The van der Waals surface area contributed by atoms with E-state index in [1.54, 1.807) is 29.0 Å². The molecule has 9 heteroatoms. The topological polar surface area (TPSA) is 109 Å². The maximum atomic E-state index is 12.4. The second-order valence-electron chi connectivity index (χ2n) is 8.34. The number of hydrogen-bond donors (Lipinski definition) is 2. The van der Waals surface area contributed by atoms with Crippen LogP contribution in [0, 0.1) is 0 Å². The first-order valence-electron chi connectivity index (χ1n) is 10.7. The van der Waals surface area contributed by atoms with Gasteiger partial charge in [0, 0.05) is 41.2 Å². The molecule has 170 valence electrons. The van der Waals surface area contributed by atoms with Gasteiger partial charge >= 0.3 is 11.9 Å². The van der Waals surface area contributed by atoms with Crippen molar-refractivity contribution in [2.75, 3.05) is 13.1 Å². The monoisotopic (exact) mass is 467 g/mol. The molecule has 1 aliphatic rings. The number of carboxylic acid groups (broad SMARTS) is 2. The van der Waals surface area contributed by atoms with Gasteiger partial charge in [-0.15, -0.1) is 0 Å². The number of nitrogens with zero attached hydrogens (tertiary/aromatic N) is 3. The number of fused-ring (bicyclic) bond motifs is 2. The van der Waals surface area contributed by atoms with Crippen LogP contribution in [0.5, 0.6) is 0 Å². The fraction of sp³-hybridized carbons (Fsp3) is 0.292. The molecule has 2 aromatic carbocycles. The maximum Gasteiger partial charge on any atom is 0.325 e. The number of piperidine rings is 1. The summed E-state index contributed by atoms with van der Waals surface area (Å²) >= 11 is 6.13. The summed E-state index contributed by atoms with van der Waals surface area (Å²) in [5, 5.41) is 20.6. The van der Waals surface area contributed by atoms with E-state index in [1.165, 1.54) is 0 Å². The van der Waals surface area contributed by atoms with Crippen molar-refractivity contribution in [2.45, 2.75) is 31.3 Å². The second-order valence-corrected chi connectivity index (χ2v) is 8.77. The average Bonchev–Trinajstić information content (AvgIpc) is 3.36. The minimum atomic E-state index is -1.01. The molecule has 0 radical (unpaired) electrons. The van der Waals surface area contributed by atoms with Gasteiger partial charge in [0.05, 0.1) is 5.52 Å². The number of aliphatic carboxylic acids is 2. The number of oxazole rings is 1. The van der Waals surface area contributed by atoms with E-state index in [4.69, 9.17) is 16.0 Å². The van der Waals surface area contributed by atoms with Gasteiger partial charge in [-0.3, -0.25) is 14.5 Å². The molecule has 0 amide bonds. The molecular weight excluding hydrogens is 446 g/mol. The molecule has 0 spiro atoms. The Kier molecular flexibility index (Phi) is 5.55. The van der Waals surface area contributed by atoms with Crippen molar-refractivity contribution in [3.8, 4) is 0 Å². The molecule has 0 aliphatic carbocycles. The van der Waals surface area contributed by atoms with Gasteiger partial charge in [-0.2, -0.15) is 0 Å². The van der Waals surface area contributed by atoms with Crippen LogP contribution in [-0.4, -0.2) is 49.7 Å². The van der Waals surface area contributed by atoms with E-state index in [-0.39, 0.29) is 12.5 Å². The van der Waals surface area contributed by atoms with Crippen LogP contribution in [0.3, 0.4) is 0 Å². The summed E-state index contributed by atoms with van der Waals surface area (Å²) in [5.74, 6) is -1.17. The van der Waals surface area contributed by atoms with E-state index in [0.717, 1.165) is 23.9 Å². The number of rotatable bonds is 6. The lowest BCUT2D eigenvalue weighted by molar-refractivity contribution is -0.144. The lowest BCUT2D eigenvalue weighted by atomic mass is 9.94. The standard InChI is InChI=1S/C24H22ClN3O5/c25-15-5-6-16-17(12-28(13-21(29)30)19(16)11-15)22(24(31)32)27-9-7-14(8-10-27)23-26-18-3-1-2-4-20(18)33-23/h1-6,11-12,14,22H,7-10,13H2,(H,29,30)(H,31,32)/t22-/m1/s1. The van der Waals surface area contributed by atoms with Gasteiger partial charge in [0.15, 0.2) is 11.5 Å². The van der Waals surface area contributed by atoms with Crippen LogP contribution >= 0.6 is 11.6 Å². The fourth-order valence-electron chi connectivity index (χ4n) is 4.74. The van der Waals surface area contributed by atoms with Crippen molar-refractivity contribution in [3.05, 3.63) is 65.1 Å². The molecule has 5 rings (SSSR count). The van der Waals surface area contributed by atoms with Crippen LogP contribution in [0.4, 0.5) is 0 Å². The van der Waals surface area contributed by atoms with Crippen LogP contribution in [-0.2, 0) is 16.1 Å². The van der Waals surface area contributed by atoms with Gasteiger partial charge < -0.3 is 19.2 Å². The third-order valence-corrected chi connectivity index (χ3v) is 6.50. The van der Waals surface area contributed by atoms with E-state index in [0.29, 0.717) is 40.5 Å². The summed E-state index contributed by atoms with van der Waals surface area (Å²) in [6, 6.07) is 11.9. The van der Waals surface area contributed by atoms with Crippen LogP contribution in [0.1, 0.15) is 36.3 Å². The fourth-order valence-corrected chi connectivity index (χ4v) is 4.91. The van der Waals surface area contributed by atoms with Gasteiger partial charge in [-0.05, 0) is 37.1 Å². The van der Waals surface area contributed by atoms with Crippen LogP contribution < -0.4 is 0 Å². The number of carbonyl (C=O) groups is 2. The van der Waals surface area contributed by atoms with E-state index in [9.17, 15) is 19.8 Å². The predicted molar refractivity (Wildman–Crippen MR) is 123 cm³/mol. The second kappa shape index (κ2) is 8.53. The normalized spacial score (nSPS) is 16.4. The highest BCUT2D eigenvalue weighted by Gasteiger charge is 2.34. The summed E-state index contributed by atoms with van der Waals surface area (Å²) in [7, 11) is 0. The van der Waals surface area contributed by atoms with Crippen LogP contribution in [0.2, 0.25) is 5.02 Å². The van der Waals surface area contributed by atoms with Crippen molar-refractivity contribution in [2.24, 2.45) is 0 Å². The Hall–Kier alpha value is -3.36. The molecule has 33 heavy (non-hydrogen) atoms. The van der Waals surface area contributed by atoms with E-state index < -0.39 is 18.0 Å². The predicted octanol–water partition coefficient (Wildman–Crippen LogP) is 4.53. The molecule has 2 N–H and O–H groups in total. The number of para-hydroxylation sites is 2. The Morgan fingerprint density at radius 2 is 1.91 bits per heavy atom. The number of likely N-dealkylation sites (tertiary alicyclic amines) is 1. The molecule has 8 nitrogen and oxygen atoms in total. The maximum absolute atomic E-state index is 12.4. The van der Waals surface area contributed by atoms with Crippen molar-refractivity contribution in [1.29, 1.82) is 0 Å². The first-order chi connectivity index (χ1) is 15.9. The molecule has 2 aromatic heterocycles. The molecular formula is C24H22ClN3O5. The third kappa shape index (κ3) is 4.07.